The van der Waals surface area contributed by atoms with Gasteiger partial charge in [-0.05, 0) is 96.9 Å². The number of hydrogen-bond acceptors (Lipinski definition) is 8. The predicted molar refractivity (Wildman–Crippen MR) is 140 cm³/mol. The molecule has 6 rings (SSSR count). The Bertz CT molecular complexity index is 1510. The third-order valence-electron chi connectivity index (χ3n) is 6.99. The van der Waals surface area contributed by atoms with Crippen molar-refractivity contribution >= 4 is 11.6 Å². The number of fused-ring (bicyclic) bond motifs is 2. The second-order valence-electron chi connectivity index (χ2n) is 9.68. The number of nitrogens with one attached hydrogen (secondary N) is 1. The summed E-state index contributed by atoms with van der Waals surface area (Å²) in [5, 5.41) is 15.7. The SMILES string of the molecule is COc1c2c(cc3c1[C@@H](c1nnnn1-c1ccc(C(=O)Nc4cc(C)cc(C)c4)cc1)N(C)CC3)OCO2. The number of tetrazole rings is 1. The van der Waals surface area contributed by atoms with Crippen molar-refractivity contribution in [2.75, 3.05) is 32.8 Å². The number of amides is 1. The van der Waals surface area contributed by atoms with E-state index in [0.29, 0.717) is 28.6 Å². The number of rotatable bonds is 5. The van der Waals surface area contributed by atoms with Crippen LogP contribution in [-0.4, -0.2) is 58.5 Å². The molecular weight excluding hydrogens is 484 g/mol. The van der Waals surface area contributed by atoms with Gasteiger partial charge in [0.1, 0.15) is 6.04 Å². The van der Waals surface area contributed by atoms with Gasteiger partial charge in [0.05, 0.1) is 12.8 Å². The first kappa shape index (κ1) is 23.9. The van der Waals surface area contributed by atoms with Crippen LogP contribution in [0.15, 0.2) is 48.5 Å². The Morgan fingerprint density at radius 2 is 1.84 bits per heavy atom. The van der Waals surface area contributed by atoms with Crippen LogP contribution in [0.5, 0.6) is 17.2 Å². The zero-order chi connectivity index (χ0) is 26.4. The summed E-state index contributed by atoms with van der Waals surface area (Å²) in [6.07, 6.45) is 0.834. The van der Waals surface area contributed by atoms with Gasteiger partial charge in [0.15, 0.2) is 17.3 Å². The van der Waals surface area contributed by atoms with Crippen LogP contribution in [0.4, 0.5) is 5.69 Å². The quantitative estimate of drug-likeness (QED) is 0.430. The first-order valence-corrected chi connectivity index (χ1v) is 12.4. The molecule has 0 radical (unpaired) electrons. The Morgan fingerprint density at radius 3 is 2.58 bits per heavy atom. The Hall–Kier alpha value is -4.44. The van der Waals surface area contributed by atoms with E-state index >= 15 is 0 Å². The molecule has 10 heteroatoms. The molecule has 1 atom stereocenters. The molecule has 0 spiro atoms. The van der Waals surface area contributed by atoms with E-state index < -0.39 is 0 Å². The summed E-state index contributed by atoms with van der Waals surface area (Å²) < 4.78 is 18.9. The number of likely N-dealkylation sites (N-methyl/N-ethyl adjacent to an activating group) is 1. The molecule has 0 fully saturated rings. The minimum Gasteiger partial charge on any atom is -0.492 e. The van der Waals surface area contributed by atoms with Gasteiger partial charge in [-0.1, -0.05) is 6.07 Å². The zero-order valence-electron chi connectivity index (χ0n) is 21.7. The molecule has 3 aromatic carbocycles. The molecule has 38 heavy (non-hydrogen) atoms. The van der Waals surface area contributed by atoms with Crippen LogP contribution in [0.1, 0.15) is 44.5 Å². The van der Waals surface area contributed by atoms with Crippen LogP contribution >= 0.6 is 0 Å². The summed E-state index contributed by atoms with van der Waals surface area (Å²) in [4.78, 5) is 15.1. The summed E-state index contributed by atoms with van der Waals surface area (Å²) >= 11 is 0. The maximum absolute atomic E-state index is 12.9. The number of aryl methyl sites for hydroxylation is 2. The Labute approximate surface area is 220 Å². The highest BCUT2D eigenvalue weighted by molar-refractivity contribution is 6.04. The van der Waals surface area contributed by atoms with Crippen molar-refractivity contribution in [1.82, 2.24) is 25.1 Å². The van der Waals surface area contributed by atoms with E-state index in [-0.39, 0.29) is 18.7 Å². The third-order valence-corrected chi connectivity index (χ3v) is 6.99. The first-order valence-electron chi connectivity index (χ1n) is 12.4. The lowest BCUT2D eigenvalue weighted by molar-refractivity contribution is 0.102. The predicted octanol–water partition coefficient (Wildman–Crippen LogP) is 3.85. The maximum atomic E-state index is 12.9. The van der Waals surface area contributed by atoms with Crippen molar-refractivity contribution in [2.45, 2.75) is 26.3 Å². The van der Waals surface area contributed by atoms with Crippen molar-refractivity contribution < 1.29 is 19.0 Å². The normalized spacial score (nSPS) is 16.3. The van der Waals surface area contributed by atoms with Gasteiger partial charge in [-0.25, -0.2) is 0 Å². The molecule has 0 unspecified atom stereocenters. The molecule has 4 aromatic rings. The molecule has 0 aliphatic carbocycles. The van der Waals surface area contributed by atoms with Gasteiger partial charge in [-0.3, -0.25) is 9.69 Å². The molecule has 194 valence electrons. The van der Waals surface area contributed by atoms with Crippen molar-refractivity contribution in [3.63, 3.8) is 0 Å². The van der Waals surface area contributed by atoms with E-state index in [9.17, 15) is 4.79 Å². The Kier molecular flexibility index (Phi) is 5.96. The lowest BCUT2D eigenvalue weighted by Crippen LogP contribution is -2.35. The number of carbonyl (C=O) groups excluding carboxylic acids is 1. The minimum atomic E-state index is -0.272. The molecule has 0 bridgehead atoms. The number of ether oxygens (including phenoxy) is 3. The zero-order valence-corrected chi connectivity index (χ0v) is 21.7. The first-order chi connectivity index (χ1) is 18.4. The number of nitrogens with zero attached hydrogens (tertiary/aromatic N) is 5. The third kappa shape index (κ3) is 4.12. The molecule has 1 aromatic heterocycles. The summed E-state index contributed by atoms with van der Waals surface area (Å²) in [5.74, 6) is 2.39. The topological polar surface area (TPSA) is 104 Å². The largest absolute Gasteiger partial charge is 0.492 e. The maximum Gasteiger partial charge on any atom is 0.255 e. The molecule has 1 N–H and O–H groups in total. The number of hydrogen-bond donors (Lipinski definition) is 1. The van der Waals surface area contributed by atoms with Gasteiger partial charge in [-0.15, -0.1) is 5.10 Å². The van der Waals surface area contributed by atoms with Crippen molar-refractivity contribution in [3.8, 4) is 22.9 Å². The summed E-state index contributed by atoms with van der Waals surface area (Å²) in [5.41, 5.74) is 6.32. The second kappa shape index (κ2) is 9.46. The monoisotopic (exact) mass is 512 g/mol. The van der Waals surface area contributed by atoms with Crippen molar-refractivity contribution in [3.05, 3.63) is 82.2 Å². The van der Waals surface area contributed by atoms with Crippen LogP contribution < -0.4 is 19.5 Å². The fourth-order valence-corrected chi connectivity index (χ4v) is 5.31. The summed E-state index contributed by atoms with van der Waals surface area (Å²) in [6, 6.07) is 15.0. The minimum absolute atomic E-state index is 0.163. The second-order valence-corrected chi connectivity index (χ2v) is 9.68. The number of methoxy groups -OCH3 is 1. The van der Waals surface area contributed by atoms with Gasteiger partial charge in [0.2, 0.25) is 12.5 Å². The average Bonchev–Trinajstić information content (AvgIpc) is 3.57. The van der Waals surface area contributed by atoms with Gasteiger partial charge < -0.3 is 19.5 Å². The van der Waals surface area contributed by atoms with Crippen LogP contribution in [0.2, 0.25) is 0 Å². The number of aromatic nitrogens is 4. The van der Waals surface area contributed by atoms with Crippen LogP contribution in [0, 0.1) is 13.8 Å². The lowest BCUT2D eigenvalue weighted by Gasteiger charge is -2.34. The van der Waals surface area contributed by atoms with E-state index in [1.807, 2.05) is 51.2 Å². The van der Waals surface area contributed by atoms with Gasteiger partial charge >= 0.3 is 0 Å². The highest BCUT2D eigenvalue weighted by atomic mass is 16.7. The molecule has 3 heterocycles. The Morgan fingerprint density at radius 1 is 1.08 bits per heavy atom. The molecule has 1 amide bonds. The molecule has 0 saturated carbocycles. The van der Waals surface area contributed by atoms with E-state index in [2.05, 4.69) is 31.8 Å². The number of benzene rings is 3. The fourth-order valence-electron chi connectivity index (χ4n) is 5.31. The van der Waals surface area contributed by atoms with Crippen molar-refractivity contribution in [1.29, 1.82) is 0 Å². The summed E-state index contributed by atoms with van der Waals surface area (Å²) in [7, 11) is 3.67. The lowest BCUT2D eigenvalue weighted by atomic mass is 9.90. The summed E-state index contributed by atoms with van der Waals surface area (Å²) in [6.45, 7) is 4.99. The van der Waals surface area contributed by atoms with E-state index in [1.165, 1.54) is 0 Å². The van der Waals surface area contributed by atoms with Gasteiger partial charge in [-0.2, -0.15) is 4.68 Å². The molecular formula is C28H28N6O4. The Balaban J connectivity index is 1.32. The van der Waals surface area contributed by atoms with E-state index in [4.69, 9.17) is 14.2 Å². The standard InChI is InChI=1S/C28H28N6O4/c1-16-11-17(2)13-20(12-16)29-28(35)18-5-7-21(8-6-18)34-27(30-31-32-34)24-23-19(9-10-33(24)3)14-22-25(26(23)36-4)38-15-37-22/h5-8,11-14,24H,9-10,15H2,1-4H3,(H,29,35)/t24-/m0/s1. The van der Waals surface area contributed by atoms with Crippen LogP contribution in [0.3, 0.4) is 0 Å². The number of carbonyl (C=O) groups is 1. The van der Waals surface area contributed by atoms with Gasteiger partial charge in [0.25, 0.3) is 5.91 Å². The highest BCUT2D eigenvalue weighted by Gasteiger charge is 2.37. The van der Waals surface area contributed by atoms with Crippen LogP contribution in [-0.2, 0) is 6.42 Å². The average molecular weight is 513 g/mol. The highest BCUT2D eigenvalue weighted by Crippen LogP contribution is 2.50. The van der Waals surface area contributed by atoms with E-state index in [1.54, 1.807) is 23.9 Å². The fraction of sp³-hybridized carbons (Fsp3) is 0.286. The number of anilines is 1. The van der Waals surface area contributed by atoms with Gasteiger partial charge in [0, 0.05) is 23.4 Å². The molecule has 2 aliphatic heterocycles. The molecule has 2 aliphatic rings. The van der Waals surface area contributed by atoms with E-state index in [0.717, 1.165) is 46.6 Å². The molecule has 0 saturated heterocycles. The van der Waals surface area contributed by atoms with Crippen LogP contribution in [0.25, 0.3) is 5.69 Å². The smallest absolute Gasteiger partial charge is 0.255 e. The molecule has 10 nitrogen and oxygen atoms in total. The van der Waals surface area contributed by atoms with Crippen molar-refractivity contribution in [2.24, 2.45) is 0 Å².